The van der Waals surface area contributed by atoms with Crippen LogP contribution in [0.5, 0.6) is 0 Å². The van der Waals surface area contributed by atoms with Crippen molar-refractivity contribution in [3.05, 3.63) is 66.2 Å². The highest BCUT2D eigenvalue weighted by Gasteiger charge is 2.28. The van der Waals surface area contributed by atoms with Crippen LogP contribution >= 0.6 is 0 Å². The monoisotopic (exact) mass is 378 g/mol. The van der Waals surface area contributed by atoms with Crippen molar-refractivity contribution in [2.45, 2.75) is 19.4 Å². The lowest BCUT2D eigenvalue weighted by atomic mass is 9.95. The Morgan fingerprint density at radius 2 is 1.93 bits per heavy atom. The van der Waals surface area contributed by atoms with E-state index in [4.69, 9.17) is 4.42 Å². The summed E-state index contributed by atoms with van der Waals surface area (Å²) in [5, 5.41) is 9.90. The Labute approximate surface area is 162 Å². The van der Waals surface area contributed by atoms with Crippen LogP contribution < -0.4 is 5.32 Å². The molecule has 0 spiro atoms. The lowest BCUT2D eigenvalue weighted by Gasteiger charge is -2.31. The fourth-order valence-electron chi connectivity index (χ4n) is 3.47. The van der Waals surface area contributed by atoms with Gasteiger partial charge in [-0.15, -0.1) is 0 Å². The SMILES string of the molecule is O=C(NCc1ccc(-c2ccn[nH]2)cc1)C1CCN(C(=O)c2ccoc2)CC1. The normalized spacial score (nSPS) is 14.8. The van der Waals surface area contributed by atoms with Crippen molar-refractivity contribution >= 4 is 11.8 Å². The van der Waals surface area contributed by atoms with Crippen LogP contribution in [0.25, 0.3) is 11.3 Å². The summed E-state index contributed by atoms with van der Waals surface area (Å²) in [4.78, 5) is 26.6. The summed E-state index contributed by atoms with van der Waals surface area (Å²) in [5.74, 6) is -0.0457. The maximum Gasteiger partial charge on any atom is 0.257 e. The van der Waals surface area contributed by atoms with E-state index in [1.54, 1.807) is 17.2 Å². The smallest absolute Gasteiger partial charge is 0.257 e. The molecule has 28 heavy (non-hydrogen) atoms. The maximum absolute atomic E-state index is 12.5. The van der Waals surface area contributed by atoms with Crippen molar-refractivity contribution in [3.8, 4) is 11.3 Å². The molecule has 1 saturated heterocycles. The van der Waals surface area contributed by atoms with E-state index >= 15 is 0 Å². The fraction of sp³-hybridized carbons (Fsp3) is 0.286. The molecule has 144 valence electrons. The van der Waals surface area contributed by atoms with Gasteiger partial charge in [-0.2, -0.15) is 5.10 Å². The second-order valence-electron chi connectivity index (χ2n) is 6.96. The van der Waals surface area contributed by atoms with Crippen LogP contribution in [0, 0.1) is 5.92 Å². The largest absolute Gasteiger partial charge is 0.472 e. The summed E-state index contributed by atoms with van der Waals surface area (Å²) in [6.45, 7) is 1.66. The predicted molar refractivity (Wildman–Crippen MR) is 103 cm³/mol. The molecule has 1 aliphatic heterocycles. The number of piperidine rings is 1. The van der Waals surface area contributed by atoms with Gasteiger partial charge in [-0.05, 0) is 36.1 Å². The van der Waals surface area contributed by atoms with Gasteiger partial charge in [-0.1, -0.05) is 24.3 Å². The summed E-state index contributed by atoms with van der Waals surface area (Å²) >= 11 is 0. The molecule has 3 aromatic rings. The lowest BCUT2D eigenvalue weighted by molar-refractivity contribution is -0.126. The van der Waals surface area contributed by atoms with Crippen molar-refractivity contribution in [1.82, 2.24) is 20.4 Å². The number of H-pyrrole nitrogens is 1. The maximum atomic E-state index is 12.5. The Balaban J connectivity index is 1.25. The number of aromatic nitrogens is 2. The number of benzene rings is 1. The van der Waals surface area contributed by atoms with Gasteiger partial charge in [0.15, 0.2) is 0 Å². The molecule has 3 heterocycles. The first-order chi connectivity index (χ1) is 13.7. The van der Waals surface area contributed by atoms with Gasteiger partial charge in [0.1, 0.15) is 6.26 Å². The van der Waals surface area contributed by atoms with Gasteiger partial charge in [0.05, 0.1) is 17.5 Å². The number of rotatable bonds is 5. The second-order valence-corrected chi connectivity index (χ2v) is 6.96. The van der Waals surface area contributed by atoms with Crippen LogP contribution in [-0.2, 0) is 11.3 Å². The number of nitrogens with one attached hydrogen (secondary N) is 2. The first kappa shape index (κ1) is 18.0. The number of aromatic amines is 1. The van der Waals surface area contributed by atoms with E-state index in [-0.39, 0.29) is 17.7 Å². The summed E-state index contributed by atoms with van der Waals surface area (Å²) in [6, 6.07) is 11.6. The number of likely N-dealkylation sites (tertiary alicyclic amines) is 1. The van der Waals surface area contributed by atoms with Crippen molar-refractivity contribution in [3.63, 3.8) is 0 Å². The van der Waals surface area contributed by atoms with E-state index in [0.717, 1.165) is 16.8 Å². The van der Waals surface area contributed by atoms with E-state index in [1.165, 1.54) is 12.5 Å². The highest BCUT2D eigenvalue weighted by molar-refractivity contribution is 5.94. The lowest BCUT2D eigenvalue weighted by Crippen LogP contribution is -2.42. The highest BCUT2D eigenvalue weighted by Crippen LogP contribution is 2.20. The molecule has 0 atom stereocenters. The van der Waals surface area contributed by atoms with Crippen LogP contribution in [0.4, 0.5) is 0 Å². The van der Waals surface area contributed by atoms with Gasteiger partial charge in [0.25, 0.3) is 5.91 Å². The molecule has 0 bridgehead atoms. The van der Waals surface area contributed by atoms with Gasteiger partial charge in [-0.25, -0.2) is 0 Å². The molecule has 1 fully saturated rings. The van der Waals surface area contributed by atoms with Gasteiger partial charge in [0, 0.05) is 31.7 Å². The predicted octanol–water partition coefficient (Wildman–Crippen LogP) is 2.84. The van der Waals surface area contributed by atoms with Crippen LogP contribution in [0.3, 0.4) is 0 Å². The zero-order valence-corrected chi connectivity index (χ0v) is 15.4. The first-order valence-electron chi connectivity index (χ1n) is 9.38. The van der Waals surface area contributed by atoms with E-state index < -0.39 is 0 Å². The topological polar surface area (TPSA) is 91.2 Å². The molecular weight excluding hydrogens is 356 g/mol. The van der Waals surface area contributed by atoms with Crippen LogP contribution in [0.15, 0.2) is 59.5 Å². The minimum atomic E-state index is -0.0577. The van der Waals surface area contributed by atoms with Gasteiger partial charge < -0.3 is 14.6 Å². The Kier molecular flexibility index (Phi) is 5.23. The average molecular weight is 378 g/mol. The number of amides is 2. The molecule has 0 saturated carbocycles. The number of carbonyl (C=O) groups excluding carboxylic acids is 2. The quantitative estimate of drug-likeness (QED) is 0.714. The molecule has 0 aliphatic carbocycles. The van der Waals surface area contributed by atoms with E-state index in [1.807, 2.05) is 30.3 Å². The van der Waals surface area contributed by atoms with E-state index in [2.05, 4.69) is 15.5 Å². The number of carbonyl (C=O) groups is 2. The molecule has 7 nitrogen and oxygen atoms in total. The summed E-state index contributed by atoms with van der Waals surface area (Å²) in [5.41, 5.74) is 3.63. The molecule has 2 amide bonds. The third-order valence-corrected chi connectivity index (χ3v) is 5.15. The summed E-state index contributed by atoms with van der Waals surface area (Å²) in [6.07, 6.45) is 6.02. The third-order valence-electron chi connectivity index (χ3n) is 5.15. The third kappa shape index (κ3) is 3.98. The molecule has 1 aromatic carbocycles. The zero-order valence-electron chi connectivity index (χ0n) is 15.4. The number of furan rings is 1. The van der Waals surface area contributed by atoms with Gasteiger partial charge in [-0.3, -0.25) is 14.7 Å². The van der Waals surface area contributed by atoms with Crippen molar-refractivity contribution in [2.24, 2.45) is 5.92 Å². The number of hydrogen-bond acceptors (Lipinski definition) is 4. The second kappa shape index (κ2) is 8.12. The minimum absolute atomic E-state index is 0.0371. The van der Waals surface area contributed by atoms with E-state index in [9.17, 15) is 9.59 Å². The fourth-order valence-corrected chi connectivity index (χ4v) is 3.47. The van der Waals surface area contributed by atoms with Gasteiger partial charge >= 0.3 is 0 Å². The van der Waals surface area contributed by atoms with Gasteiger partial charge in [0.2, 0.25) is 5.91 Å². The molecule has 2 N–H and O–H groups in total. The van der Waals surface area contributed by atoms with E-state index in [0.29, 0.717) is 38.0 Å². The molecular formula is C21H22N4O3. The minimum Gasteiger partial charge on any atom is -0.472 e. The molecule has 1 aliphatic rings. The Morgan fingerprint density at radius 1 is 1.14 bits per heavy atom. The molecule has 2 aromatic heterocycles. The number of hydrogen-bond donors (Lipinski definition) is 2. The Bertz CT molecular complexity index is 909. The molecule has 7 heteroatoms. The van der Waals surface area contributed by atoms with Crippen LogP contribution in [-0.4, -0.2) is 40.0 Å². The molecule has 4 rings (SSSR count). The summed E-state index contributed by atoms with van der Waals surface area (Å²) in [7, 11) is 0. The highest BCUT2D eigenvalue weighted by atomic mass is 16.3. The van der Waals surface area contributed by atoms with Crippen molar-refractivity contribution < 1.29 is 14.0 Å². The number of nitrogens with zero attached hydrogens (tertiary/aromatic N) is 2. The van der Waals surface area contributed by atoms with Crippen molar-refractivity contribution in [1.29, 1.82) is 0 Å². The molecule has 0 radical (unpaired) electrons. The zero-order chi connectivity index (χ0) is 19.3. The summed E-state index contributed by atoms with van der Waals surface area (Å²) < 4.78 is 4.97. The Hall–Kier alpha value is -3.35. The average Bonchev–Trinajstić information content (AvgIpc) is 3.46. The van der Waals surface area contributed by atoms with Crippen molar-refractivity contribution in [2.75, 3.05) is 13.1 Å². The molecule has 0 unspecified atom stereocenters. The van der Waals surface area contributed by atoms with Crippen LogP contribution in [0.2, 0.25) is 0 Å². The standard InChI is InChI=1S/C21H22N4O3/c26-20(17-6-10-25(11-7-17)21(27)18-8-12-28-14-18)22-13-15-1-3-16(4-2-15)19-5-9-23-24-19/h1-5,8-9,12,14,17H,6-7,10-11,13H2,(H,22,26)(H,23,24). The first-order valence-corrected chi connectivity index (χ1v) is 9.38. The Morgan fingerprint density at radius 3 is 2.57 bits per heavy atom. The van der Waals surface area contributed by atoms with Crippen LogP contribution in [0.1, 0.15) is 28.8 Å².